The van der Waals surface area contributed by atoms with Gasteiger partial charge in [-0.15, -0.1) is 0 Å². The maximum Gasteiger partial charge on any atom is 0.154 e. The number of aliphatic hydroxyl groups is 1. The SMILES string of the molecule is O=[S@]1CCc2nc(N3CC=C(c4ncc(Cl)cn4)CC3)cc(NC3(CO)CCC3)c21. The van der Waals surface area contributed by atoms with Crippen LogP contribution in [0.2, 0.25) is 5.02 Å². The first-order chi connectivity index (χ1) is 14.6. The Bertz CT molecular complexity index is 1020. The largest absolute Gasteiger partial charge is 0.394 e. The molecular weight excluding hydrogens is 422 g/mol. The molecule has 0 saturated heterocycles. The molecule has 1 aliphatic carbocycles. The maximum absolute atomic E-state index is 12.6. The van der Waals surface area contributed by atoms with Crippen LogP contribution in [0.15, 0.2) is 29.4 Å². The molecule has 3 aliphatic rings. The number of nitrogens with one attached hydrogen (secondary N) is 1. The Kier molecular flexibility index (Phi) is 5.24. The number of aryl methyl sites for hydroxylation is 1. The third-order valence-electron chi connectivity index (χ3n) is 6.24. The van der Waals surface area contributed by atoms with Gasteiger partial charge in [0.2, 0.25) is 0 Å². The lowest BCUT2D eigenvalue weighted by Gasteiger charge is -2.42. The third kappa shape index (κ3) is 3.61. The molecule has 30 heavy (non-hydrogen) atoms. The minimum absolute atomic E-state index is 0.0863. The van der Waals surface area contributed by atoms with Crippen LogP contribution in [0.5, 0.6) is 0 Å². The van der Waals surface area contributed by atoms with Crippen LogP contribution in [-0.4, -0.2) is 55.3 Å². The van der Waals surface area contributed by atoms with Crippen LogP contribution in [0, 0.1) is 0 Å². The van der Waals surface area contributed by atoms with Crippen molar-refractivity contribution in [1.29, 1.82) is 0 Å². The average molecular weight is 446 g/mol. The molecule has 5 rings (SSSR count). The lowest BCUT2D eigenvalue weighted by molar-refractivity contribution is 0.144. The van der Waals surface area contributed by atoms with Crippen molar-refractivity contribution < 1.29 is 9.32 Å². The van der Waals surface area contributed by atoms with E-state index in [2.05, 4.69) is 26.3 Å². The fraction of sp³-hybridized carbons (Fsp3) is 0.476. The average Bonchev–Trinajstić information content (AvgIpc) is 3.12. The van der Waals surface area contributed by atoms with Crippen molar-refractivity contribution in [2.45, 2.75) is 42.5 Å². The molecule has 0 aromatic carbocycles. The molecule has 7 nitrogen and oxygen atoms in total. The molecule has 4 heterocycles. The van der Waals surface area contributed by atoms with Gasteiger partial charge in [0, 0.05) is 43.7 Å². The van der Waals surface area contributed by atoms with Gasteiger partial charge in [0.15, 0.2) is 5.82 Å². The molecule has 1 atom stereocenters. The summed E-state index contributed by atoms with van der Waals surface area (Å²) in [5.74, 6) is 2.22. The summed E-state index contributed by atoms with van der Waals surface area (Å²) >= 11 is 5.89. The summed E-state index contributed by atoms with van der Waals surface area (Å²) in [5.41, 5.74) is 2.60. The molecule has 0 bridgehead atoms. The number of fused-ring (bicyclic) bond motifs is 1. The van der Waals surface area contributed by atoms with Crippen LogP contribution in [-0.2, 0) is 17.2 Å². The van der Waals surface area contributed by atoms with Crippen molar-refractivity contribution in [1.82, 2.24) is 15.0 Å². The summed E-state index contributed by atoms with van der Waals surface area (Å²) in [5, 5.41) is 14.0. The molecule has 158 valence electrons. The van der Waals surface area contributed by atoms with Crippen LogP contribution in [0.25, 0.3) is 5.57 Å². The zero-order valence-corrected chi connectivity index (χ0v) is 18.2. The Morgan fingerprint density at radius 3 is 2.70 bits per heavy atom. The number of aliphatic hydroxyl groups excluding tert-OH is 1. The molecule has 2 aromatic rings. The van der Waals surface area contributed by atoms with E-state index in [1.165, 1.54) is 0 Å². The number of rotatable bonds is 5. The van der Waals surface area contributed by atoms with Crippen molar-refractivity contribution in [2.24, 2.45) is 0 Å². The minimum atomic E-state index is -1.03. The summed E-state index contributed by atoms with van der Waals surface area (Å²) in [6, 6.07) is 2.01. The van der Waals surface area contributed by atoms with E-state index >= 15 is 0 Å². The summed E-state index contributed by atoms with van der Waals surface area (Å²) in [7, 11) is -1.03. The fourth-order valence-electron chi connectivity index (χ4n) is 4.31. The van der Waals surface area contributed by atoms with Crippen LogP contribution in [0.1, 0.15) is 37.2 Å². The number of nitrogens with zero attached hydrogens (tertiary/aromatic N) is 4. The number of pyridine rings is 1. The maximum atomic E-state index is 12.6. The van der Waals surface area contributed by atoms with Gasteiger partial charge in [-0.3, -0.25) is 4.21 Å². The molecule has 2 aromatic heterocycles. The number of aromatic nitrogens is 3. The molecule has 1 saturated carbocycles. The summed E-state index contributed by atoms with van der Waals surface area (Å²) < 4.78 is 12.6. The minimum Gasteiger partial charge on any atom is -0.394 e. The summed E-state index contributed by atoms with van der Waals surface area (Å²) in [4.78, 5) is 16.5. The second-order valence-corrected chi connectivity index (χ2v) is 10.1. The highest BCUT2D eigenvalue weighted by molar-refractivity contribution is 7.85. The standard InChI is InChI=1S/C21H24ClN5O2S/c22-15-11-23-20(24-12-15)14-2-7-27(8-3-14)18-10-17(26-21(13-28)5-1-6-21)19-16(25-18)4-9-30(19)29/h2,10-12,28H,1,3-9,13H2,(H,25,26)/t30-/m0/s1. The molecule has 2 aliphatic heterocycles. The normalized spacial score (nSPS) is 22.3. The first kappa shape index (κ1) is 19.9. The van der Waals surface area contributed by atoms with Crippen molar-refractivity contribution >= 4 is 39.5 Å². The van der Waals surface area contributed by atoms with E-state index in [1.807, 2.05) is 6.07 Å². The van der Waals surface area contributed by atoms with E-state index in [1.54, 1.807) is 12.4 Å². The van der Waals surface area contributed by atoms with E-state index in [-0.39, 0.29) is 12.1 Å². The predicted octanol–water partition coefficient (Wildman–Crippen LogP) is 2.81. The van der Waals surface area contributed by atoms with Crippen molar-refractivity contribution in [3.05, 3.63) is 41.1 Å². The van der Waals surface area contributed by atoms with Crippen molar-refractivity contribution in [2.75, 3.05) is 35.7 Å². The zero-order chi connectivity index (χ0) is 20.7. The van der Waals surface area contributed by atoms with Crippen molar-refractivity contribution in [3.8, 4) is 0 Å². The smallest absolute Gasteiger partial charge is 0.154 e. The number of hydrogen-bond acceptors (Lipinski definition) is 7. The van der Waals surface area contributed by atoms with Gasteiger partial charge in [-0.1, -0.05) is 17.7 Å². The Balaban J connectivity index is 1.42. The lowest BCUT2D eigenvalue weighted by atomic mass is 9.77. The van der Waals surface area contributed by atoms with Gasteiger partial charge in [0.25, 0.3) is 0 Å². The van der Waals surface area contributed by atoms with E-state index in [0.717, 1.165) is 66.3 Å². The van der Waals surface area contributed by atoms with E-state index < -0.39 is 10.8 Å². The number of hydrogen-bond donors (Lipinski definition) is 2. The highest BCUT2D eigenvalue weighted by atomic mass is 35.5. The summed E-state index contributed by atoms with van der Waals surface area (Å²) in [6.07, 6.45) is 9.87. The molecule has 1 fully saturated rings. The lowest BCUT2D eigenvalue weighted by Crippen LogP contribution is -2.48. The topological polar surface area (TPSA) is 91.2 Å². The van der Waals surface area contributed by atoms with Gasteiger partial charge in [-0.2, -0.15) is 0 Å². The van der Waals surface area contributed by atoms with Crippen LogP contribution >= 0.6 is 11.6 Å². The molecule has 0 spiro atoms. The number of anilines is 2. The monoisotopic (exact) mass is 445 g/mol. The fourth-order valence-corrected chi connectivity index (χ4v) is 5.76. The first-order valence-corrected chi connectivity index (χ1v) is 12.0. The first-order valence-electron chi connectivity index (χ1n) is 10.3. The molecule has 2 N–H and O–H groups in total. The van der Waals surface area contributed by atoms with E-state index in [0.29, 0.717) is 23.1 Å². The van der Waals surface area contributed by atoms with E-state index in [4.69, 9.17) is 16.6 Å². The Morgan fingerprint density at radius 1 is 1.27 bits per heavy atom. The molecule has 0 radical (unpaired) electrons. The Hall–Kier alpha value is -2.03. The van der Waals surface area contributed by atoms with Crippen LogP contribution < -0.4 is 10.2 Å². The molecule has 9 heteroatoms. The van der Waals surface area contributed by atoms with Gasteiger partial charge in [-0.05, 0) is 31.3 Å². The van der Waals surface area contributed by atoms with E-state index in [9.17, 15) is 9.32 Å². The highest BCUT2D eigenvalue weighted by Gasteiger charge is 2.38. The quantitative estimate of drug-likeness (QED) is 0.731. The van der Waals surface area contributed by atoms with Gasteiger partial charge in [0.1, 0.15) is 5.82 Å². The van der Waals surface area contributed by atoms with Gasteiger partial charge < -0.3 is 15.3 Å². The zero-order valence-electron chi connectivity index (χ0n) is 16.6. The molecule has 0 amide bonds. The second kappa shape index (κ2) is 7.90. The second-order valence-electron chi connectivity index (χ2n) is 8.17. The number of halogens is 1. The Labute approximate surface area is 183 Å². The third-order valence-corrected chi connectivity index (χ3v) is 7.92. The van der Waals surface area contributed by atoms with Gasteiger partial charge in [0.05, 0.1) is 44.2 Å². The summed E-state index contributed by atoms with van der Waals surface area (Å²) in [6.45, 7) is 1.60. The van der Waals surface area contributed by atoms with Crippen LogP contribution in [0.4, 0.5) is 11.5 Å². The van der Waals surface area contributed by atoms with Crippen LogP contribution in [0.3, 0.4) is 0 Å². The predicted molar refractivity (Wildman–Crippen MR) is 118 cm³/mol. The van der Waals surface area contributed by atoms with Crippen molar-refractivity contribution in [3.63, 3.8) is 0 Å². The molecular formula is C21H24ClN5O2S. The molecule has 0 unspecified atom stereocenters. The Morgan fingerprint density at radius 2 is 2.07 bits per heavy atom. The highest BCUT2D eigenvalue weighted by Crippen LogP contribution is 2.40. The van der Waals surface area contributed by atoms with Gasteiger partial charge >= 0.3 is 0 Å². The van der Waals surface area contributed by atoms with Gasteiger partial charge in [-0.25, -0.2) is 15.0 Å².